The molecule has 0 aliphatic carbocycles. The summed E-state index contributed by atoms with van der Waals surface area (Å²) in [5.74, 6) is -4.14. The quantitative estimate of drug-likeness (QED) is 0.661. The van der Waals surface area contributed by atoms with Crippen LogP contribution in [0.15, 0.2) is 30.6 Å². The second-order valence-electron chi connectivity index (χ2n) is 5.44. The van der Waals surface area contributed by atoms with Gasteiger partial charge in [0.2, 0.25) is 5.82 Å². The number of benzene rings is 1. The van der Waals surface area contributed by atoms with Gasteiger partial charge in [-0.1, -0.05) is 0 Å². The van der Waals surface area contributed by atoms with Gasteiger partial charge < -0.3 is 4.74 Å². The van der Waals surface area contributed by atoms with E-state index in [1.807, 2.05) is 0 Å². The van der Waals surface area contributed by atoms with Gasteiger partial charge in [0.25, 0.3) is 0 Å². The summed E-state index contributed by atoms with van der Waals surface area (Å²) in [4.78, 5) is 4.11. The molecule has 2 aromatic heterocycles. The van der Waals surface area contributed by atoms with Crippen molar-refractivity contribution in [3.8, 4) is 17.0 Å². The lowest BCUT2D eigenvalue weighted by atomic mass is 10.1. The highest BCUT2D eigenvalue weighted by Gasteiger charge is 2.32. The fraction of sp³-hybridized carbons (Fsp3) is 0.267. The molecule has 1 aromatic carbocycles. The molecule has 0 N–H and O–H groups in total. The highest BCUT2D eigenvalue weighted by atomic mass is 19.4. The number of ether oxygens (including phenoxy) is 1. The second-order valence-corrected chi connectivity index (χ2v) is 5.44. The molecule has 10 heteroatoms. The van der Waals surface area contributed by atoms with Gasteiger partial charge in [-0.15, -0.1) is 23.4 Å². The third kappa shape index (κ3) is 3.52. The molecule has 0 spiro atoms. The minimum atomic E-state index is -4.80. The first-order valence-corrected chi connectivity index (χ1v) is 7.00. The first kappa shape index (κ1) is 17.1. The smallest absolute Gasteiger partial charge is 0.406 e. The van der Waals surface area contributed by atoms with E-state index in [9.17, 15) is 22.0 Å². The Bertz CT molecular complexity index is 930. The average Bonchev–Trinajstić information content (AvgIpc) is 2.88. The minimum absolute atomic E-state index is 0.134. The molecule has 0 fully saturated rings. The SMILES string of the molecule is Cc1cc(OC(F)(F)F)ccc1-c1cn2c(C(C)(F)F)nnc2cn1. The summed E-state index contributed by atoms with van der Waals surface area (Å²) in [7, 11) is 0. The van der Waals surface area contributed by atoms with Crippen molar-refractivity contribution in [3.05, 3.63) is 42.0 Å². The molecule has 0 bridgehead atoms. The van der Waals surface area contributed by atoms with E-state index >= 15 is 0 Å². The van der Waals surface area contributed by atoms with Gasteiger partial charge in [0, 0.05) is 18.7 Å². The maximum atomic E-state index is 13.6. The van der Waals surface area contributed by atoms with Crippen LogP contribution in [0.1, 0.15) is 18.3 Å². The normalized spacial score (nSPS) is 12.6. The van der Waals surface area contributed by atoms with Gasteiger partial charge >= 0.3 is 12.3 Å². The topological polar surface area (TPSA) is 52.3 Å². The Kier molecular flexibility index (Phi) is 3.85. The third-order valence-electron chi connectivity index (χ3n) is 3.39. The molecule has 0 saturated heterocycles. The van der Waals surface area contributed by atoms with Gasteiger partial charge in [-0.3, -0.25) is 9.38 Å². The zero-order valence-electron chi connectivity index (χ0n) is 13.0. The van der Waals surface area contributed by atoms with Crippen molar-refractivity contribution in [3.63, 3.8) is 0 Å². The van der Waals surface area contributed by atoms with E-state index in [2.05, 4.69) is 19.9 Å². The lowest BCUT2D eigenvalue weighted by Gasteiger charge is -2.12. The van der Waals surface area contributed by atoms with Crippen molar-refractivity contribution in [1.82, 2.24) is 19.6 Å². The zero-order valence-corrected chi connectivity index (χ0v) is 13.0. The molecule has 0 radical (unpaired) electrons. The standard InChI is InChI=1S/C15H11F5N4O/c1-8-5-9(25-15(18,19)20)3-4-10(8)11-7-24-12(6-21-11)22-23-13(24)14(2,16)17/h3-7H,1-2H3. The Morgan fingerprint density at radius 2 is 1.80 bits per heavy atom. The number of nitrogens with zero attached hydrogens (tertiary/aromatic N) is 4. The third-order valence-corrected chi connectivity index (χ3v) is 3.39. The Balaban J connectivity index is 2.04. The Labute approximate surface area is 138 Å². The van der Waals surface area contributed by atoms with Crippen LogP contribution in [0.5, 0.6) is 5.75 Å². The van der Waals surface area contributed by atoms with Crippen molar-refractivity contribution in [1.29, 1.82) is 0 Å². The molecule has 0 amide bonds. The number of fused-ring (bicyclic) bond motifs is 1. The van der Waals surface area contributed by atoms with Gasteiger partial charge in [0.05, 0.1) is 11.9 Å². The monoisotopic (exact) mass is 358 g/mol. The van der Waals surface area contributed by atoms with Gasteiger partial charge in [0.1, 0.15) is 5.75 Å². The molecule has 0 atom stereocenters. The van der Waals surface area contributed by atoms with Crippen LogP contribution < -0.4 is 4.74 Å². The van der Waals surface area contributed by atoms with E-state index in [1.54, 1.807) is 6.92 Å². The number of hydrogen-bond donors (Lipinski definition) is 0. The molecule has 5 nitrogen and oxygen atoms in total. The molecule has 0 saturated carbocycles. The second kappa shape index (κ2) is 5.64. The van der Waals surface area contributed by atoms with E-state index in [0.717, 1.165) is 10.5 Å². The minimum Gasteiger partial charge on any atom is -0.406 e. The molecular formula is C15H11F5N4O. The number of halogens is 5. The fourth-order valence-electron chi connectivity index (χ4n) is 2.36. The van der Waals surface area contributed by atoms with Crippen LogP contribution in [-0.4, -0.2) is 25.9 Å². The summed E-state index contributed by atoms with van der Waals surface area (Å²) in [6.45, 7) is 2.25. The number of aromatic nitrogens is 4. The van der Waals surface area contributed by atoms with E-state index in [4.69, 9.17) is 0 Å². The Morgan fingerprint density at radius 1 is 1.08 bits per heavy atom. The molecule has 3 aromatic rings. The van der Waals surface area contributed by atoms with E-state index in [-0.39, 0.29) is 17.1 Å². The Morgan fingerprint density at radius 3 is 2.40 bits per heavy atom. The lowest BCUT2D eigenvalue weighted by molar-refractivity contribution is -0.274. The fourth-order valence-corrected chi connectivity index (χ4v) is 2.36. The van der Waals surface area contributed by atoms with Crippen molar-refractivity contribution in [2.45, 2.75) is 26.1 Å². The summed E-state index contributed by atoms with van der Waals surface area (Å²) in [6, 6.07) is 3.69. The summed E-state index contributed by atoms with van der Waals surface area (Å²) in [5, 5.41) is 7.08. The average molecular weight is 358 g/mol. The van der Waals surface area contributed by atoms with Crippen LogP contribution >= 0.6 is 0 Å². The van der Waals surface area contributed by atoms with Gasteiger partial charge in [-0.2, -0.15) is 8.78 Å². The molecule has 132 valence electrons. The largest absolute Gasteiger partial charge is 0.573 e. The molecule has 0 aliphatic heterocycles. The summed E-state index contributed by atoms with van der Waals surface area (Å²) in [5.41, 5.74) is 1.32. The van der Waals surface area contributed by atoms with Gasteiger partial charge in [-0.05, 0) is 30.7 Å². The van der Waals surface area contributed by atoms with Crippen molar-refractivity contribution in [2.75, 3.05) is 0 Å². The molecule has 3 rings (SSSR count). The Hall–Kier alpha value is -2.78. The van der Waals surface area contributed by atoms with Crippen LogP contribution in [0.25, 0.3) is 16.9 Å². The van der Waals surface area contributed by atoms with E-state index in [1.165, 1.54) is 24.5 Å². The summed E-state index contributed by atoms with van der Waals surface area (Å²) >= 11 is 0. The van der Waals surface area contributed by atoms with Crippen molar-refractivity contribution >= 4 is 5.65 Å². The van der Waals surface area contributed by atoms with E-state index in [0.29, 0.717) is 18.1 Å². The molecule has 0 aliphatic rings. The molecule has 2 heterocycles. The zero-order chi connectivity index (χ0) is 18.4. The highest BCUT2D eigenvalue weighted by Crippen LogP contribution is 2.30. The summed E-state index contributed by atoms with van der Waals surface area (Å²) < 4.78 is 68.9. The van der Waals surface area contributed by atoms with Crippen LogP contribution in [-0.2, 0) is 5.92 Å². The van der Waals surface area contributed by atoms with Crippen LogP contribution in [0.2, 0.25) is 0 Å². The van der Waals surface area contributed by atoms with Crippen LogP contribution in [0, 0.1) is 6.92 Å². The maximum absolute atomic E-state index is 13.6. The molecular weight excluding hydrogens is 347 g/mol. The first-order valence-electron chi connectivity index (χ1n) is 7.00. The van der Waals surface area contributed by atoms with E-state index < -0.39 is 18.1 Å². The number of rotatable bonds is 3. The maximum Gasteiger partial charge on any atom is 0.573 e. The number of alkyl halides is 5. The van der Waals surface area contributed by atoms with Gasteiger partial charge in [-0.25, -0.2) is 0 Å². The lowest BCUT2D eigenvalue weighted by Crippen LogP contribution is -2.17. The molecule has 0 unspecified atom stereocenters. The first-order chi connectivity index (χ1) is 11.5. The highest BCUT2D eigenvalue weighted by molar-refractivity contribution is 5.65. The van der Waals surface area contributed by atoms with Crippen LogP contribution in [0.3, 0.4) is 0 Å². The van der Waals surface area contributed by atoms with Crippen molar-refractivity contribution in [2.24, 2.45) is 0 Å². The summed E-state index contributed by atoms with van der Waals surface area (Å²) in [6.07, 6.45) is -2.22. The predicted octanol–water partition coefficient (Wildman–Crippen LogP) is 4.11. The number of aryl methyl sites for hydroxylation is 1. The predicted molar refractivity (Wildman–Crippen MR) is 77.2 cm³/mol. The van der Waals surface area contributed by atoms with Crippen molar-refractivity contribution < 1.29 is 26.7 Å². The van der Waals surface area contributed by atoms with Gasteiger partial charge in [0.15, 0.2) is 5.65 Å². The van der Waals surface area contributed by atoms with Crippen LogP contribution in [0.4, 0.5) is 22.0 Å². The number of hydrogen-bond acceptors (Lipinski definition) is 4. The molecule has 25 heavy (non-hydrogen) atoms.